The molecule has 0 radical (unpaired) electrons. The molecule has 1 heterocycles. The highest BCUT2D eigenvalue weighted by Gasteiger charge is 1.97. The predicted molar refractivity (Wildman–Crippen MR) is 57.9 cm³/mol. The third-order valence-corrected chi connectivity index (χ3v) is 2.07. The van der Waals surface area contributed by atoms with Crippen molar-refractivity contribution in [3.63, 3.8) is 0 Å². The van der Waals surface area contributed by atoms with Crippen molar-refractivity contribution in [2.45, 2.75) is 6.42 Å². The average Bonchev–Trinajstić information content (AvgIpc) is 2.29. The van der Waals surface area contributed by atoms with E-state index in [1.807, 2.05) is 30.3 Å². The van der Waals surface area contributed by atoms with Crippen LogP contribution in [0.2, 0.25) is 0 Å². The van der Waals surface area contributed by atoms with Gasteiger partial charge in [0, 0.05) is 11.8 Å². The number of para-hydroxylation sites is 1. The molecule has 0 amide bonds. The number of hydrogen-bond acceptors (Lipinski definition) is 3. The Labute approximate surface area is 87.7 Å². The summed E-state index contributed by atoms with van der Waals surface area (Å²) in [4.78, 5) is 14.4. The van der Waals surface area contributed by atoms with Crippen LogP contribution in [-0.4, -0.2) is 17.9 Å². The molecule has 3 heteroatoms. The first-order valence-corrected chi connectivity index (χ1v) is 4.81. The Kier molecular flexibility index (Phi) is 2.93. The van der Waals surface area contributed by atoms with Crippen LogP contribution in [0.15, 0.2) is 36.5 Å². The van der Waals surface area contributed by atoms with Gasteiger partial charge in [0.1, 0.15) is 12.0 Å². The van der Waals surface area contributed by atoms with Gasteiger partial charge in [-0.2, -0.15) is 0 Å². The summed E-state index contributed by atoms with van der Waals surface area (Å²) in [6.07, 6.45) is 2.93. The second-order valence-electron chi connectivity index (χ2n) is 3.17. The van der Waals surface area contributed by atoms with Crippen LogP contribution in [0.5, 0.6) is 5.75 Å². The molecule has 0 aliphatic rings. The lowest BCUT2D eigenvalue weighted by molar-refractivity contribution is -0.108. The monoisotopic (exact) mass is 201 g/mol. The number of fused-ring (bicyclic) bond motifs is 1. The van der Waals surface area contributed by atoms with Crippen molar-refractivity contribution in [2.24, 2.45) is 0 Å². The fraction of sp³-hybridized carbons (Fsp3) is 0.167. The lowest BCUT2D eigenvalue weighted by Crippen LogP contribution is -1.97. The number of nitrogens with zero attached hydrogens (tertiary/aromatic N) is 1. The molecule has 2 aromatic rings. The van der Waals surface area contributed by atoms with E-state index in [-0.39, 0.29) is 0 Å². The average molecular weight is 201 g/mol. The van der Waals surface area contributed by atoms with Gasteiger partial charge in [0.2, 0.25) is 0 Å². The standard InChI is InChI=1S/C12H11NO2/c14-6-3-7-15-11-8-10-4-1-2-5-12(10)13-9-11/h1-2,4-6,8-9H,3,7H2. The van der Waals surface area contributed by atoms with Gasteiger partial charge in [0.15, 0.2) is 0 Å². The maximum Gasteiger partial charge on any atom is 0.138 e. The van der Waals surface area contributed by atoms with E-state index in [9.17, 15) is 4.79 Å². The molecule has 0 fully saturated rings. The van der Waals surface area contributed by atoms with Crippen molar-refractivity contribution in [3.05, 3.63) is 36.5 Å². The predicted octanol–water partition coefficient (Wildman–Crippen LogP) is 2.20. The summed E-state index contributed by atoms with van der Waals surface area (Å²) in [7, 11) is 0. The molecule has 0 aliphatic carbocycles. The Bertz CT molecular complexity index is 468. The van der Waals surface area contributed by atoms with Gasteiger partial charge in [-0.05, 0) is 12.1 Å². The largest absolute Gasteiger partial charge is 0.492 e. The molecule has 1 aromatic heterocycles. The van der Waals surface area contributed by atoms with Crippen LogP contribution < -0.4 is 4.74 Å². The second-order valence-corrected chi connectivity index (χ2v) is 3.17. The number of rotatable bonds is 4. The van der Waals surface area contributed by atoms with Crippen molar-refractivity contribution in [2.75, 3.05) is 6.61 Å². The van der Waals surface area contributed by atoms with E-state index in [0.717, 1.165) is 17.2 Å². The normalized spacial score (nSPS) is 10.1. The van der Waals surface area contributed by atoms with E-state index >= 15 is 0 Å². The van der Waals surface area contributed by atoms with Crippen molar-refractivity contribution in [1.82, 2.24) is 4.98 Å². The first kappa shape index (κ1) is 9.65. The third-order valence-electron chi connectivity index (χ3n) is 2.07. The SMILES string of the molecule is O=CCCOc1cnc2ccccc2c1. The van der Waals surface area contributed by atoms with Gasteiger partial charge in [-0.3, -0.25) is 4.98 Å². The van der Waals surface area contributed by atoms with Crippen LogP contribution in [0.25, 0.3) is 10.9 Å². The van der Waals surface area contributed by atoms with Gasteiger partial charge >= 0.3 is 0 Å². The highest BCUT2D eigenvalue weighted by Crippen LogP contribution is 2.17. The quantitative estimate of drug-likeness (QED) is 0.562. The van der Waals surface area contributed by atoms with Crippen molar-refractivity contribution >= 4 is 17.2 Å². The number of benzene rings is 1. The first-order valence-electron chi connectivity index (χ1n) is 4.81. The molecule has 0 atom stereocenters. The minimum Gasteiger partial charge on any atom is -0.492 e. The molecular weight excluding hydrogens is 190 g/mol. The van der Waals surface area contributed by atoms with E-state index in [2.05, 4.69) is 4.98 Å². The minimum atomic E-state index is 0.406. The highest BCUT2D eigenvalue weighted by atomic mass is 16.5. The van der Waals surface area contributed by atoms with Crippen LogP contribution in [0.4, 0.5) is 0 Å². The Hall–Kier alpha value is -1.90. The molecule has 15 heavy (non-hydrogen) atoms. The first-order chi connectivity index (χ1) is 7.40. The summed E-state index contributed by atoms with van der Waals surface area (Å²) in [5.74, 6) is 0.704. The smallest absolute Gasteiger partial charge is 0.138 e. The summed E-state index contributed by atoms with van der Waals surface area (Å²) in [6, 6.07) is 9.76. The Morgan fingerprint density at radius 2 is 2.20 bits per heavy atom. The number of aldehydes is 1. The van der Waals surface area contributed by atoms with Crippen LogP contribution in [0, 0.1) is 0 Å². The Morgan fingerprint density at radius 3 is 3.07 bits per heavy atom. The fourth-order valence-electron chi connectivity index (χ4n) is 1.35. The van der Waals surface area contributed by atoms with Crippen LogP contribution in [0.3, 0.4) is 0 Å². The Balaban J connectivity index is 2.19. The van der Waals surface area contributed by atoms with Crippen molar-refractivity contribution in [1.29, 1.82) is 0 Å². The topological polar surface area (TPSA) is 39.2 Å². The Morgan fingerprint density at radius 1 is 1.33 bits per heavy atom. The number of aromatic nitrogens is 1. The molecule has 0 bridgehead atoms. The van der Waals surface area contributed by atoms with Crippen molar-refractivity contribution < 1.29 is 9.53 Å². The van der Waals surface area contributed by atoms with E-state index in [0.29, 0.717) is 18.8 Å². The molecule has 0 N–H and O–H groups in total. The molecule has 76 valence electrons. The number of pyridine rings is 1. The van der Waals surface area contributed by atoms with Crippen LogP contribution in [-0.2, 0) is 4.79 Å². The lowest BCUT2D eigenvalue weighted by Gasteiger charge is -2.04. The van der Waals surface area contributed by atoms with Gasteiger partial charge in [0.05, 0.1) is 18.3 Å². The zero-order valence-corrected chi connectivity index (χ0v) is 8.22. The molecule has 0 saturated heterocycles. The molecule has 0 unspecified atom stereocenters. The van der Waals surface area contributed by atoms with Crippen molar-refractivity contribution in [3.8, 4) is 5.75 Å². The lowest BCUT2D eigenvalue weighted by atomic mass is 10.2. The molecule has 0 saturated carbocycles. The summed E-state index contributed by atoms with van der Waals surface area (Å²) in [6.45, 7) is 0.406. The van der Waals surface area contributed by atoms with Gasteiger partial charge < -0.3 is 9.53 Å². The van der Waals surface area contributed by atoms with Crippen LogP contribution >= 0.6 is 0 Å². The highest BCUT2D eigenvalue weighted by molar-refractivity contribution is 5.79. The van der Waals surface area contributed by atoms with Gasteiger partial charge in [-0.15, -0.1) is 0 Å². The zero-order chi connectivity index (χ0) is 10.5. The molecule has 0 spiro atoms. The fourth-order valence-corrected chi connectivity index (χ4v) is 1.35. The molecule has 2 rings (SSSR count). The van der Waals surface area contributed by atoms with E-state index < -0.39 is 0 Å². The number of ether oxygens (including phenoxy) is 1. The molecule has 3 nitrogen and oxygen atoms in total. The third kappa shape index (κ3) is 2.31. The number of carbonyl (C=O) groups is 1. The van der Waals surface area contributed by atoms with Gasteiger partial charge in [-0.25, -0.2) is 0 Å². The maximum atomic E-state index is 10.1. The van der Waals surface area contributed by atoms with Crippen LogP contribution in [0.1, 0.15) is 6.42 Å². The van der Waals surface area contributed by atoms with E-state index in [1.165, 1.54) is 0 Å². The minimum absolute atomic E-state index is 0.406. The second kappa shape index (κ2) is 4.55. The summed E-state index contributed by atoms with van der Waals surface area (Å²) in [5, 5.41) is 1.04. The molecule has 1 aromatic carbocycles. The zero-order valence-electron chi connectivity index (χ0n) is 8.22. The molecule has 0 aliphatic heterocycles. The molecular formula is C12H11NO2. The summed E-state index contributed by atoms with van der Waals surface area (Å²) >= 11 is 0. The number of carbonyl (C=O) groups excluding carboxylic acids is 1. The maximum absolute atomic E-state index is 10.1. The summed E-state index contributed by atoms with van der Waals surface area (Å²) in [5.41, 5.74) is 0.945. The summed E-state index contributed by atoms with van der Waals surface area (Å²) < 4.78 is 5.36. The number of hydrogen-bond donors (Lipinski definition) is 0. The van der Waals surface area contributed by atoms with E-state index in [1.54, 1.807) is 6.20 Å². The van der Waals surface area contributed by atoms with E-state index in [4.69, 9.17) is 4.74 Å². The van der Waals surface area contributed by atoms with Gasteiger partial charge in [-0.1, -0.05) is 18.2 Å². The van der Waals surface area contributed by atoms with Gasteiger partial charge in [0.25, 0.3) is 0 Å².